The molecule has 0 bridgehead atoms. The fraction of sp³-hybridized carbons (Fsp3) is 0.583. The largest absolute Gasteiger partial charge is 0.469 e. The van der Waals surface area contributed by atoms with Gasteiger partial charge in [0, 0.05) is 38.9 Å². The fourth-order valence-electron chi connectivity index (χ4n) is 1.67. The molecule has 0 spiro atoms. The molecule has 0 saturated heterocycles. The van der Waals surface area contributed by atoms with E-state index in [4.69, 9.17) is 0 Å². The summed E-state index contributed by atoms with van der Waals surface area (Å²) in [5, 5.41) is 0. The van der Waals surface area contributed by atoms with Crippen LogP contribution in [0.25, 0.3) is 0 Å². The smallest absolute Gasteiger partial charge is 0.330 e. The highest BCUT2D eigenvalue weighted by atomic mass is 16.5. The molecule has 0 unspecified atom stereocenters. The van der Waals surface area contributed by atoms with E-state index in [-0.39, 0.29) is 23.6 Å². The van der Waals surface area contributed by atoms with Gasteiger partial charge in [-0.1, -0.05) is 0 Å². The zero-order chi connectivity index (χ0) is 14.6. The van der Waals surface area contributed by atoms with E-state index in [1.807, 2.05) is 11.9 Å². The highest BCUT2D eigenvalue weighted by Gasteiger charge is 2.09. The van der Waals surface area contributed by atoms with Gasteiger partial charge in [0.05, 0.1) is 13.5 Å². The number of hydrogen-bond acceptors (Lipinski definition) is 5. The molecule has 0 fully saturated rings. The van der Waals surface area contributed by atoms with E-state index in [0.29, 0.717) is 18.8 Å². The summed E-state index contributed by atoms with van der Waals surface area (Å²) < 4.78 is 7.03. The summed E-state index contributed by atoms with van der Waals surface area (Å²) in [6.45, 7) is 0.912. The lowest BCUT2D eigenvalue weighted by Crippen LogP contribution is -2.39. The van der Waals surface area contributed by atoms with Crippen LogP contribution in [-0.2, 0) is 30.2 Å². The van der Waals surface area contributed by atoms with Crippen molar-refractivity contribution in [2.75, 3.05) is 20.7 Å². The van der Waals surface area contributed by atoms with Gasteiger partial charge in [-0.05, 0) is 7.05 Å². The third kappa shape index (κ3) is 3.78. The average molecular weight is 269 g/mol. The fourth-order valence-corrected chi connectivity index (χ4v) is 1.67. The molecule has 1 aromatic rings. The van der Waals surface area contributed by atoms with E-state index in [2.05, 4.69) is 4.74 Å². The number of rotatable bonds is 5. The second kappa shape index (κ2) is 6.33. The SMILES string of the molecule is COC(=O)CCN(C)Cc1cc(=O)n(C)c(=O)n1C. The molecule has 0 aliphatic carbocycles. The van der Waals surface area contributed by atoms with Gasteiger partial charge in [0.15, 0.2) is 0 Å². The van der Waals surface area contributed by atoms with Crippen LogP contribution in [-0.4, -0.2) is 40.7 Å². The summed E-state index contributed by atoms with van der Waals surface area (Å²) in [7, 11) is 6.21. The topological polar surface area (TPSA) is 73.5 Å². The first-order valence-corrected chi connectivity index (χ1v) is 5.88. The molecule has 1 aromatic heterocycles. The minimum atomic E-state index is -0.358. The van der Waals surface area contributed by atoms with Crippen molar-refractivity contribution in [2.45, 2.75) is 13.0 Å². The minimum absolute atomic E-state index is 0.270. The Balaban J connectivity index is 2.80. The standard InChI is InChI=1S/C12H19N3O4/c1-13(6-5-11(17)19-4)8-9-7-10(16)15(3)12(18)14(9)2/h7H,5-6,8H2,1-4H3. The van der Waals surface area contributed by atoms with Crippen LogP contribution in [0, 0.1) is 0 Å². The van der Waals surface area contributed by atoms with E-state index < -0.39 is 0 Å². The van der Waals surface area contributed by atoms with Crippen molar-refractivity contribution in [3.63, 3.8) is 0 Å². The Bertz CT molecular complexity index is 573. The van der Waals surface area contributed by atoms with Gasteiger partial charge in [0.1, 0.15) is 0 Å². The van der Waals surface area contributed by atoms with Crippen LogP contribution in [0.5, 0.6) is 0 Å². The number of esters is 1. The number of carbonyl (C=O) groups excluding carboxylic acids is 1. The van der Waals surface area contributed by atoms with E-state index in [1.165, 1.54) is 24.8 Å². The monoisotopic (exact) mass is 269 g/mol. The molecular weight excluding hydrogens is 250 g/mol. The highest BCUT2D eigenvalue weighted by Crippen LogP contribution is 1.99. The number of nitrogens with zero attached hydrogens (tertiary/aromatic N) is 3. The molecule has 0 amide bonds. The molecular formula is C12H19N3O4. The quantitative estimate of drug-likeness (QED) is 0.646. The zero-order valence-corrected chi connectivity index (χ0v) is 11.7. The maximum Gasteiger partial charge on any atom is 0.330 e. The van der Waals surface area contributed by atoms with Crippen molar-refractivity contribution in [3.05, 3.63) is 32.6 Å². The van der Waals surface area contributed by atoms with Crippen molar-refractivity contribution >= 4 is 5.97 Å². The predicted octanol–water partition coefficient (Wildman–Crippen LogP) is -0.921. The van der Waals surface area contributed by atoms with Crippen molar-refractivity contribution in [1.29, 1.82) is 0 Å². The van der Waals surface area contributed by atoms with E-state index >= 15 is 0 Å². The lowest BCUT2D eigenvalue weighted by molar-refractivity contribution is -0.140. The number of methoxy groups -OCH3 is 1. The molecule has 0 N–H and O–H groups in total. The van der Waals surface area contributed by atoms with Crippen LogP contribution < -0.4 is 11.2 Å². The predicted molar refractivity (Wildman–Crippen MR) is 69.9 cm³/mol. The van der Waals surface area contributed by atoms with Crippen LogP contribution >= 0.6 is 0 Å². The Hall–Kier alpha value is -1.89. The maximum absolute atomic E-state index is 11.7. The first-order chi connectivity index (χ1) is 8.86. The molecule has 7 heteroatoms. The number of ether oxygens (including phenoxy) is 1. The molecule has 0 aliphatic rings. The van der Waals surface area contributed by atoms with Crippen molar-refractivity contribution < 1.29 is 9.53 Å². The average Bonchev–Trinajstić information content (AvgIpc) is 2.39. The first kappa shape index (κ1) is 15.2. The molecule has 0 atom stereocenters. The normalized spacial score (nSPS) is 10.8. The van der Waals surface area contributed by atoms with E-state index in [0.717, 1.165) is 4.57 Å². The summed E-state index contributed by atoms with van der Waals surface area (Å²) in [6.07, 6.45) is 0.270. The lowest BCUT2D eigenvalue weighted by Gasteiger charge is -2.18. The van der Waals surface area contributed by atoms with Gasteiger partial charge in [-0.25, -0.2) is 4.79 Å². The van der Waals surface area contributed by atoms with Crippen molar-refractivity contribution in [3.8, 4) is 0 Å². The molecule has 0 radical (unpaired) electrons. The Morgan fingerprint density at radius 3 is 2.53 bits per heavy atom. The molecule has 7 nitrogen and oxygen atoms in total. The van der Waals surface area contributed by atoms with Crippen LogP contribution in [0.1, 0.15) is 12.1 Å². The highest BCUT2D eigenvalue weighted by molar-refractivity contribution is 5.69. The third-order valence-corrected chi connectivity index (χ3v) is 2.98. The van der Waals surface area contributed by atoms with Crippen molar-refractivity contribution in [2.24, 2.45) is 14.1 Å². The van der Waals surface area contributed by atoms with Crippen LogP contribution in [0.2, 0.25) is 0 Å². The Morgan fingerprint density at radius 1 is 1.32 bits per heavy atom. The summed E-state index contributed by atoms with van der Waals surface area (Å²) in [4.78, 5) is 36.2. The van der Waals surface area contributed by atoms with E-state index in [9.17, 15) is 14.4 Å². The molecule has 19 heavy (non-hydrogen) atoms. The van der Waals surface area contributed by atoms with Crippen LogP contribution in [0.4, 0.5) is 0 Å². The third-order valence-electron chi connectivity index (χ3n) is 2.98. The molecule has 0 aromatic carbocycles. The van der Waals surface area contributed by atoms with Crippen LogP contribution in [0.15, 0.2) is 15.7 Å². The first-order valence-electron chi connectivity index (χ1n) is 5.88. The van der Waals surface area contributed by atoms with Crippen LogP contribution in [0.3, 0.4) is 0 Å². The van der Waals surface area contributed by atoms with E-state index in [1.54, 1.807) is 7.05 Å². The summed E-state index contributed by atoms with van der Waals surface area (Å²) in [5.74, 6) is -0.287. The molecule has 0 aliphatic heterocycles. The van der Waals surface area contributed by atoms with Gasteiger partial charge in [0.25, 0.3) is 5.56 Å². The molecule has 0 saturated carbocycles. The zero-order valence-electron chi connectivity index (χ0n) is 11.7. The van der Waals surface area contributed by atoms with Gasteiger partial charge in [-0.3, -0.25) is 18.7 Å². The molecule has 1 heterocycles. The summed E-state index contributed by atoms with van der Waals surface area (Å²) >= 11 is 0. The van der Waals surface area contributed by atoms with Gasteiger partial charge in [-0.2, -0.15) is 0 Å². The summed E-state index contributed by atoms with van der Waals surface area (Å²) in [5.41, 5.74) is -0.0798. The minimum Gasteiger partial charge on any atom is -0.469 e. The second-order valence-corrected chi connectivity index (χ2v) is 4.44. The number of carbonyl (C=O) groups is 1. The van der Waals surface area contributed by atoms with Gasteiger partial charge in [-0.15, -0.1) is 0 Å². The Kier molecular flexibility index (Phi) is 5.05. The van der Waals surface area contributed by atoms with Crippen molar-refractivity contribution in [1.82, 2.24) is 14.0 Å². The van der Waals surface area contributed by atoms with Gasteiger partial charge < -0.3 is 9.64 Å². The number of aromatic nitrogens is 2. The lowest BCUT2D eigenvalue weighted by atomic mass is 10.3. The Labute approximate surface area is 111 Å². The Morgan fingerprint density at radius 2 is 1.95 bits per heavy atom. The number of hydrogen-bond donors (Lipinski definition) is 0. The second-order valence-electron chi connectivity index (χ2n) is 4.44. The van der Waals surface area contributed by atoms with Gasteiger partial charge in [0.2, 0.25) is 0 Å². The molecule has 106 valence electrons. The summed E-state index contributed by atoms with van der Waals surface area (Å²) in [6, 6.07) is 1.43. The maximum atomic E-state index is 11.7. The molecule has 1 rings (SSSR count). The van der Waals surface area contributed by atoms with Gasteiger partial charge >= 0.3 is 11.7 Å².